The minimum Gasteiger partial charge on any atom is -0.465 e. The summed E-state index contributed by atoms with van der Waals surface area (Å²) in [7, 11) is 1.29. The fourth-order valence-corrected chi connectivity index (χ4v) is 4.31. The number of aryl methyl sites for hydroxylation is 2. The molecule has 0 unspecified atom stereocenters. The molecule has 2 aromatic heterocycles. The Morgan fingerprint density at radius 3 is 2.69 bits per heavy atom. The minimum absolute atomic E-state index is 0.202. The number of rotatable bonds is 5. The van der Waals surface area contributed by atoms with Crippen LogP contribution in [0.1, 0.15) is 21.5 Å². The number of aromatic nitrogens is 2. The van der Waals surface area contributed by atoms with Crippen molar-refractivity contribution in [3.63, 3.8) is 0 Å². The van der Waals surface area contributed by atoms with Gasteiger partial charge in [-0.3, -0.25) is 14.2 Å². The van der Waals surface area contributed by atoms with E-state index in [1.807, 2.05) is 31.4 Å². The number of fused-ring (bicyclic) bond motifs is 1. The van der Waals surface area contributed by atoms with Gasteiger partial charge < -0.3 is 10.1 Å². The number of nitrogens with one attached hydrogen (secondary N) is 1. The van der Waals surface area contributed by atoms with E-state index in [9.17, 15) is 14.4 Å². The largest absolute Gasteiger partial charge is 0.465 e. The van der Waals surface area contributed by atoms with Crippen molar-refractivity contribution in [2.45, 2.75) is 20.4 Å². The van der Waals surface area contributed by atoms with E-state index < -0.39 is 11.9 Å². The normalized spacial score (nSPS) is 10.8. The third kappa shape index (κ3) is 4.17. The van der Waals surface area contributed by atoms with Gasteiger partial charge in [0.25, 0.3) is 5.56 Å². The standard InChI is InChI=1S/C24H21N3O4S/c1-14-7-8-16(9-15(14)2)19-12-32-22-21(19)23(29)27(13-25-22)11-20(28)26-18-6-4-5-17(10-18)24(30)31-3/h4-10,12-13H,11H2,1-3H3,(H,26,28). The number of ether oxygens (including phenoxy) is 1. The molecule has 0 radical (unpaired) electrons. The zero-order valence-electron chi connectivity index (χ0n) is 17.8. The number of carbonyl (C=O) groups is 2. The molecule has 0 atom stereocenters. The number of benzene rings is 2. The molecule has 7 nitrogen and oxygen atoms in total. The maximum atomic E-state index is 13.2. The van der Waals surface area contributed by atoms with E-state index in [0.29, 0.717) is 21.5 Å². The number of nitrogens with zero attached hydrogens (tertiary/aromatic N) is 2. The molecule has 0 aliphatic heterocycles. The molecule has 162 valence electrons. The molecule has 0 bridgehead atoms. The molecule has 0 aliphatic carbocycles. The summed E-state index contributed by atoms with van der Waals surface area (Å²) in [5.74, 6) is -0.901. The monoisotopic (exact) mass is 447 g/mol. The van der Waals surface area contributed by atoms with Crippen LogP contribution in [0.25, 0.3) is 21.3 Å². The molecule has 32 heavy (non-hydrogen) atoms. The van der Waals surface area contributed by atoms with Crippen molar-refractivity contribution in [2.24, 2.45) is 0 Å². The minimum atomic E-state index is -0.497. The second-order valence-electron chi connectivity index (χ2n) is 7.43. The van der Waals surface area contributed by atoms with Crippen molar-refractivity contribution >= 4 is 39.1 Å². The quantitative estimate of drug-likeness (QED) is 0.464. The molecule has 0 saturated carbocycles. The number of esters is 1. The molecule has 0 aliphatic rings. The zero-order chi connectivity index (χ0) is 22.8. The van der Waals surface area contributed by atoms with Crippen molar-refractivity contribution in [2.75, 3.05) is 12.4 Å². The maximum Gasteiger partial charge on any atom is 0.337 e. The van der Waals surface area contributed by atoms with Crippen LogP contribution >= 0.6 is 11.3 Å². The van der Waals surface area contributed by atoms with Crippen LogP contribution in [0.5, 0.6) is 0 Å². The predicted molar refractivity (Wildman–Crippen MR) is 125 cm³/mol. The Balaban J connectivity index is 1.62. The molecule has 4 rings (SSSR count). The lowest BCUT2D eigenvalue weighted by molar-refractivity contribution is -0.116. The lowest BCUT2D eigenvalue weighted by Crippen LogP contribution is -2.27. The summed E-state index contributed by atoms with van der Waals surface area (Å²) in [6.07, 6.45) is 1.38. The topological polar surface area (TPSA) is 90.3 Å². The van der Waals surface area contributed by atoms with E-state index in [1.54, 1.807) is 18.2 Å². The summed E-state index contributed by atoms with van der Waals surface area (Å²) in [5, 5.41) is 5.13. The summed E-state index contributed by atoms with van der Waals surface area (Å²) in [4.78, 5) is 42.5. The molecular weight excluding hydrogens is 426 g/mol. The fraction of sp³-hybridized carbons (Fsp3) is 0.167. The highest BCUT2D eigenvalue weighted by atomic mass is 32.1. The highest BCUT2D eigenvalue weighted by molar-refractivity contribution is 7.17. The van der Waals surface area contributed by atoms with Crippen molar-refractivity contribution in [3.8, 4) is 11.1 Å². The van der Waals surface area contributed by atoms with E-state index in [4.69, 9.17) is 4.74 Å². The average molecular weight is 448 g/mol. The second-order valence-corrected chi connectivity index (χ2v) is 8.28. The smallest absolute Gasteiger partial charge is 0.337 e. The summed E-state index contributed by atoms with van der Waals surface area (Å²) < 4.78 is 5.99. The van der Waals surface area contributed by atoms with Gasteiger partial charge in [-0.1, -0.05) is 24.3 Å². The van der Waals surface area contributed by atoms with Crippen LogP contribution in [0.2, 0.25) is 0 Å². The number of thiophene rings is 1. The van der Waals surface area contributed by atoms with E-state index in [-0.39, 0.29) is 12.1 Å². The first-order valence-electron chi connectivity index (χ1n) is 9.90. The lowest BCUT2D eigenvalue weighted by Gasteiger charge is -2.09. The van der Waals surface area contributed by atoms with Crippen molar-refractivity contribution in [1.82, 2.24) is 9.55 Å². The van der Waals surface area contributed by atoms with Gasteiger partial charge in [0.1, 0.15) is 11.4 Å². The first-order chi connectivity index (χ1) is 15.4. The van der Waals surface area contributed by atoms with Crippen LogP contribution in [0.15, 0.2) is 59.0 Å². The summed E-state index contributed by atoms with van der Waals surface area (Å²) in [6.45, 7) is 3.87. The van der Waals surface area contributed by atoms with Gasteiger partial charge in [0.2, 0.25) is 5.91 Å². The van der Waals surface area contributed by atoms with E-state index >= 15 is 0 Å². The number of methoxy groups -OCH3 is 1. The number of carbonyl (C=O) groups excluding carboxylic acids is 2. The van der Waals surface area contributed by atoms with Crippen LogP contribution in [0.3, 0.4) is 0 Å². The number of amides is 1. The molecule has 2 aromatic carbocycles. The molecule has 1 N–H and O–H groups in total. The van der Waals surface area contributed by atoms with Gasteiger partial charge in [-0.25, -0.2) is 9.78 Å². The Hall–Kier alpha value is -3.78. The van der Waals surface area contributed by atoms with Crippen molar-refractivity contribution < 1.29 is 14.3 Å². The summed E-state index contributed by atoms with van der Waals surface area (Å²) >= 11 is 1.40. The molecule has 0 spiro atoms. The van der Waals surface area contributed by atoms with Gasteiger partial charge in [-0.15, -0.1) is 11.3 Å². The van der Waals surface area contributed by atoms with Gasteiger partial charge in [-0.05, 0) is 48.7 Å². The van der Waals surface area contributed by atoms with Crippen molar-refractivity contribution in [3.05, 3.63) is 81.2 Å². The Kier molecular flexibility index (Phi) is 5.87. The highest BCUT2D eigenvalue weighted by Crippen LogP contribution is 2.31. The van der Waals surface area contributed by atoms with Gasteiger partial charge in [0, 0.05) is 16.6 Å². The first-order valence-corrected chi connectivity index (χ1v) is 10.8. The average Bonchev–Trinajstić information content (AvgIpc) is 3.22. The highest BCUT2D eigenvalue weighted by Gasteiger charge is 2.15. The van der Waals surface area contributed by atoms with E-state index in [1.165, 1.54) is 41.0 Å². The number of hydrogen-bond donors (Lipinski definition) is 1. The van der Waals surface area contributed by atoms with Crippen LogP contribution in [0.4, 0.5) is 5.69 Å². The maximum absolute atomic E-state index is 13.2. The van der Waals surface area contributed by atoms with Crippen molar-refractivity contribution in [1.29, 1.82) is 0 Å². The van der Waals surface area contributed by atoms with E-state index in [2.05, 4.69) is 16.4 Å². The fourth-order valence-electron chi connectivity index (χ4n) is 3.40. The summed E-state index contributed by atoms with van der Waals surface area (Å²) in [6, 6.07) is 12.5. The van der Waals surface area contributed by atoms with Crippen LogP contribution in [0, 0.1) is 13.8 Å². The number of hydrogen-bond acceptors (Lipinski definition) is 6. The molecule has 4 aromatic rings. The molecule has 1 amide bonds. The van der Waals surface area contributed by atoms with Crippen LogP contribution < -0.4 is 10.9 Å². The SMILES string of the molecule is COC(=O)c1cccc(NC(=O)Cn2cnc3scc(-c4ccc(C)c(C)c4)c3c2=O)c1. The Labute approximate surface area is 188 Å². The predicted octanol–water partition coefficient (Wildman–Crippen LogP) is 4.17. The molecule has 0 saturated heterocycles. The molecular formula is C24H21N3O4S. The lowest BCUT2D eigenvalue weighted by atomic mass is 10.0. The van der Waals surface area contributed by atoms with Crippen LogP contribution in [-0.2, 0) is 16.1 Å². The first kappa shape index (κ1) is 21.5. The zero-order valence-corrected chi connectivity index (χ0v) is 18.7. The molecule has 2 heterocycles. The van der Waals surface area contributed by atoms with Gasteiger partial charge in [0.05, 0.1) is 24.4 Å². The summed E-state index contributed by atoms with van der Waals surface area (Å²) in [5.41, 5.74) is 4.55. The molecule has 0 fully saturated rings. The Morgan fingerprint density at radius 2 is 1.94 bits per heavy atom. The third-order valence-electron chi connectivity index (χ3n) is 5.26. The van der Waals surface area contributed by atoms with Gasteiger partial charge in [0.15, 0.2) is 0 Å². The number of anilines is 1. The Morgan fingerprint density at radius 1 is 1.12 bits per heavy atom. The Bertz CT molecular complexity index is 1400. The van der Waals surface area contributed by atoms with E-state index in [0.717, 1.165) is 16.7 Å². The third-order valence-corrected chi connectivity index (χ3v) is 6.15. The van der Waals surface area contributed by atoms with Gasteiger partial charge in [-0.2, -0.15) is 0 Å². The second kappa shape index (κ2) is 8.76. The molecule has 8 heteroatoms. The van der Waals surface area contributed by atoms with Crippen LogP contribution in [-0.4, -0.2) is 28.5 Å². The van der Waals surface area contributed by atoms with Gasteiger partial charge >= 0.3 is 5.97 Å².